The van der Waals surface area contributed by atoms with Crippen molar-refractivity contribution in [1.82, 2.24) is 15.1 Å². The molecule has 1 saturated carbocycles. The maximum absolute atomic E-state index is 13.4. The van der Waals surface area contributed by atoms with E-state index in [1.807, 2.05) is 24.3 Å². The molecule has 1 fully saturated rings. The number of aromatic nitrogens is 2. The van der Waals surface area contributed by atoms with Crippen molar-refractivity contribution in [2.24, 2.45) is 0 Å². The summed E-state index contributed by atoms with van der Waals surface area (Å²) in [7, 11) is 0. The Bertz CT molecular complexity index is 1030. The van der Waals surface area contributed by atoms with E-state index in [2.05, 4.69) is 46.3 Å². The lowest BCUT2D eigenvalue weighted by Gasteiger charge is -2.32. The number of H-pyrrole nitrogens is 1. The molecule has 5 heteroatoms. The van der Waals surface area contributed by atoms with Gasteiger partial charge in [-0.25, -0.2) is 0 Å². The van der Waals surface area contributed by atoms with E-state index < -0.39 is 0 Å². The van der Waals surface area contributed by atoms with Gasteiger partial charge in [-0.2, -0.15) is 5.10 Å². The Kier molecular flexibility index (Phi) is 4.24. The predicted molar refractivity (Wildman–Crippen MR) is 110 cm³/mol. The summed E-state index contributed by atoms with van der Waals surface area (Å²) in [6.45, 7) is 2.07. The number of hydrogen-bond acceptors (Lipinski definition) is 2. The van der Waals surface area contributed by atoms with Crippen molar-refractivity contribution >= 4 is 17.5 Å². The first kappa shape index (κ1) is 17.5. The first-order valence-electron chi connectivity index (χ1n) is 9.87. The monoisotopic (exact) mass is 391 g/mol. The Labute approximate surface area is 169 Å². The minimum Gasteiger partial charge on any atom is -0.323 e. The molecular weight excluding hydrogens is 370 g/mol. The smallest absolute Gasteiger partial charge is 0.273 e. The molecule has 5 rings (SSSR count). The number of nitrogens with zero attached hydrogens (tertiary/aromatic N) is 2. The van der Waals surface area contributed by atoms with Gasteiger partial charge in [0.25, 0.3) is 5.91 Å². The number of aromatic amines is 1. The van der Waals surface area contributed by atoms with Gasteiger partial charge in [0, 0.05) is 22.2 Å². The molecule has 4 nitrogen and oxygen atoms in total. The molecule has 1 N–H and O–H groups in total. The fourth-order valence-corrected chi connectivity index (χ4v) is 4.90. The van der Waals surface area contributed by atoms with Gasteiger partial charge in [-0.1, -0.05) is 72.5 Å². The first-order valence-corrected chi connectivity index (χ1v) is 10.3. The standard InChI is InChI=1S/C23H22ClN3O/c1-14-10-12-15(13-11-14)20-19-21(26-25-20)23(28)27(16-6-2-3-7-16)22(19)17-8-4-5-9-18(17)24/h4-5,8-13,16,22H,2-3,6-7H2,1H3,(H,25,26). The van der Waals surface area contributed by atoms with Crippen molar-refractivity contribution in [3.63, 3.8) is 0 Å². The minimum absolute atomic E-state index is 0.0395. The number of nitrogens with one attached hydrogen (secondary N) is 1. The largest absolute Gasteiger partial charge is 0.323 e. The second-order valence-corrected chi connectivity index (χ2v) is 8.21. The van der Waals surface area contributed by atoms with E-state index >= 15 is 0 Å². The number of benzene rings is 2. The van der Waals surface area contributed by atoms with Crippen molar-refractivity contribution in [3.05, 3.63) is 75.9 Å². The van der Waals surface area contributed by atoms with Crippen molar-refractivity contribution in [2.45, 2.75) is 44.7 Å². The van der Waals surface area contributed by atoms with Gasteiger partial charge < -0.3 is 4.90 Å². The van der Waals surface area contributed by atoms with Gasteiger partial charge in [0.2, 0.25) is 0 Å². The van der Waals surface area contributed by atoms with Crippen LogP contribution < -0.4 is 0 Å². The molecule has 1 aromatic heterocycles. The fourth-order valence-electron chi connectivity index (χ4n) is 4.66. The average molecular weight is 392 g/mol. The molecule has 2 heterocycles. The average Bonchev–Trinajstić information content (AvgIpc) is 3.41. The summed E-state index contributed by atoms with van der Waals surface area (Å²) in [5.41, 5.74) is 5.58. The molecule has 1 atom stereocenters. The lowest BCUT2D eigenvalue weighted by Crippen LogP contribution is -2.37. The highest BCUT2D eigenvalue weighted by Gasteiger charge is 2.46. The van der Waals surface area contributed by atoms with Crippen molar-refractivity contribution in [1.29, 1.82) is 0 Å². The second kappa shape index (κ2) is 6.78. The van der Waals surface area contributed by atoms with Crippen molar-refractivity contribution in [3.8, 4) is 11.3 Å². The quantitative estimate of drug-likeness (QED) is 0.638. The molecule has 0 bridgehead atoms. The maximum Gasteiger partial charge on any atom is 0.273 e. The third-order valence-corrected chi connectivity index (χ3v) is 6.39. The Morgan fingerprint density at radius 3 is 2.50 bits per heavy atom. The third-order valence-electron chi connectivity index (χ3n) is 6.05. The Morgan fingerprint density at radius 2 is 1.79 bits per heavy atom. The topological polar surface area (TPSA) is 49.0 Å². The number of hydrogen-bond donors (Lipinski definition) is 1. The molecule has 1 unspecified atom stereocenters. The number of rotatable bonds is 3. The Hall–Kier alpha value is -2.59. The molecule has 0 saturated heterocycles. The normalized spacial score (nSPS) is 19.4. The molecule has 1 amide bonds. The molecule has 2 aromatic carbocycles. The number of aryl methyl sites for hydroxylation is 1. The number of amides is 1. The number of halogens is 1. The number of carbonyl (C=O) groups is 1. The van der Waals surface area contributed by atoms with Crippen LogP contribution in [-0.4, -0.2) is 27.0 Å². The van der Waals surface area contributed by atoms with Gasteiger partial charge in [-0.15, -0.1) is 0 Å². The maximum atomic E-state index is 13.4. The van der Waals surface area contributed by atoms with Crippen LogP contribution in [0.5, 0.6) is 0 Å². The Balaban J connectivity index is 1.70. The molecule has 3 aromatic rings. The molecular formula is C23H22ClN3O. The van der Waals surface area contributed by atoms with Crippen LogP contribution in [0.15, 0.2) is 48.5 Å². The van der Waals surface area contributed by atoms with E-state index in [0.717, 1.165) is 35.2 Å². The highest BCUT2D eigenvalue weighted by Crippen LogP contribution is 2.47. The van der Waals surface area contributed by atoms with E-state index in [4.69, 9.17) is 11.6 Å². The highest BCUT2D eigenvalue weighted by molar-refractivity contribution is 6.31. The summed E-state index contributed by atoms with van der Waals surface area (Å²) in [5, 5.41) is 8.26. The second-order valence-electron chi connectivity index (χ2n) is 7.80. The Morgan fingerprint density at radius 1 is 1.07 bits per heavy atom. The highest BCUT2D eigenvalue weighted by atomic mass is 35.5. The van der Waals surface area contributed by atoms with Gasteiger partial charge in [-0.3, -0.25) is 9.89 Å². The molecule has 0 spiro atoms. The third kappa shape index (κ3) is 2.67. The summed E-state index contributed by atoms with van der Waals surface area (Å²) in [4.78, 5) is 15.4. The molecule has 1 aliphatic carbocycles. The summed E-state index contributed by atoms with van der Waals surface area (Å²) in [6, 6.07) is 16.2. The SMILES string of the molecule is Cc1ccc(-c2n[nH]c3c2C(c2ccccc2Cl)N(C2CCCC2)C3=O)cc1. The van der Waals surface area contributed by atoms with Gasteiger partial charge in [0.05, 0.1) is 11.7 Å². The number of carbonyl (C=O) groups excluding carboxylic acids is 1. The van der Waals surface area contributed by atoms with Gasteiger partial charge in [0.1, 0.15) is 5.69 Å². The van der Waals surface area contributed by atoms with Gasteiger partial charge in [-0.05, 0) is 31.4 Å². The van der Waals surface area contributed by atoms with Crippen LogP contribution in [0.3, 0.4) is 0 Å². The zero-order valence-electron chi connectivity index (χ0n) is 15.8. The summed E-state index contributed by atoms with van der Waals surface area (Å²) in [6.07, 6.45) is 4.43. The van der Waals surface area contributed by atoms with E-state index in [1.165, 1.54) is 18.4 Å². The van der Waals surface area contributed by atoms with E-state index in [-0.39, 0.29) is 18.0 Å². The van der Waals surface area contributed by atoms with Crippen LogP contribution in [0, 0.1) is 6.92 Å². The van der Waals surface area contributed by atoms with Crippen molar-refractivity contribution in [2.75, 3.05) is 0 Å². The molecule has 142 valence electrons. The van der Waals surface area contributed by atoms with Crippen LogP contribution in [0.1, 0.15) is 58.9 Å². The lowest BCUT2D eigenvalue weighted by atomic mass is 9.95. The number of fused-ring (bicyclic) bond motifs is 1. The molecule has 28 heavy (non-hydrogen) atoms. The van der Waals surface area contributed by atoms with Crippen LogP contribution in [0.4, 0.5) is 0 Å². The first-order chi connectivity index (χ1) is 13.6. The minimum atomic E-state index is -0.200. The van der Waals surface area contributed by atoms with E-state index in [9.17, 15) is 4.79 Å². The van der Waals surface area contributed by atoms with Crippen LogP contribution in [0.2, 0.25) is 5.02 Å². The predicted octanol–water partition coefficient (Wildman–Crippen LogP) is 5.53. The van der Waals surface area contributed by atoms with E-state index in [0.29, 0.717) is 10.7 Å². The van der Waals surface area contributed by atoms with Crippen LogP contribution >= 0.6 is 11.6 Å². The van der Waals surface area contributed by atoms with Gasteiger partial charge >= 0.3 is 0 Å². The van der Waals surface area contributed by atoms with Crippen LogP contribution in [0.25, 0.3) is 11.3 Å². The summed E-state index contributed by atoms with van der Waals surface area (Å²) in [5.74, 6) is 0.0395. The molecule has 1 aliphatic heterocycles. The molecule has 0 radical (unpaired) electrons. The zero-order chi connectivity index (χ0) is 19.3. The summed E-state index contributed by atoms with van der Waals surface area (Å²) < 4.78 is 0. The summed E-state index contributed by atoms with van der Waals surface area (Å²) >= 11 is 6.61. The lowest BCUT2D eigenvalue weighted by molar-refractivity contribution is 0.0660. The van der Waals surface area contributed by atoms with Crippen molar-refractivity contribution < 1.29 is 4.79 Å². The molecule has 2 aliphatic rings. The van der Waals surface area contributed by atoms with E-state index in [1.54, 1.807) is 0 Å². The van der Waals surface area contributed by atoms with Gasteiger partial charge in [0.15, 0.2) is 0 Å². The zero-order valence-corrected chi connectivity index (χ0v) is 16.5. The fraction of sp³-hybridized carbons (Fsp3) is 0.304. The van der Waals surface area contributed by atoms with Crippen LogP contribution in [-0.2, 0) is 0 Å².